The number of carbonyl (C=O) groups excluding carboxylic acids is 2. The number of anilines is 1. The van der Waals surface area contributed by atoms with Crippen molar-refractivity contribution in [2.24, 2.45) is 12.2 Å². The molecule has 33 heavy (non-hydrogen) atoms. The number of fused-ring (bicyclic) bond motifs is 1. The van der Waals surface area contributed by atoms with Gasteiger partial charge in [-0.1, -0.05) is 16.9 Å². The van der Waals surface area contributed by atoms with Gasteiger partial charge in [0, 0.05) is 23.1 Å². The number of thiazole rings is 1. The number of thioether (sulfide) groups is 3. The number of rotatable bonds is 8. The molecule has 174 valence electrons. The number of carboxylic acid groups (broad SMARTS) is 1. The first-order valence-corrected chi connectivity index (χ1v) is 13.0. The molecule has 4 heterocycles. The summed E-state index contributed by atoms with van der Waals surface area (Å²) in [7, 11) is 1.70. The Bertz CT molecular complexity index is 1180. The van der Waals surface area contributed by atoms with Crippen LogP contribution in [0.1, 0.15) is 5.69 Å². The van der Waals surface area contributed by atoms with E-state index in [-0.39, 0.29) is 22.2 Å². The minimum atomic E-state index is -1.22. The van der Waals surface area contributed by atoms with Crippen molar-refractivity contribution < 1.29 is 24.7 Å². The smallest absolute Gasteiger partial charge is 0.353 e. The summed E-state index contributed by atoms with van der Waals surface area (Å²) in [5.41, 5.74) is 5.14. The summed E-state index contributed by atoms with van der Waals surface area (Å²) in [4.78, 5) is 44.3. The van der Waals surface area contributed by atoms with Crippen LogP contribution >= 0.6 is 46.6 Å². The second-order valence-corrected chi connectivity index (χ2v) is 11.0. The van der Waals surface area contributed by atoms with Crippen LogP contribution in [0.3, 0.4) is 0 Å². The molecule has 0 aliphatic carbocycles. The fraction of sp³-hybridized carbons (Fsp3) is 0.312. The summed E-state index contributed by atoms with van der Waals surface area (Å²) in [6, 6.07) is -0.967. The Morgan fingerprint density at radius 3 is 2.82 bits per heavy atom. The predicted octanol–water partition coefficient (Wildman–Crippen LogP) is 0.211. The molecule has 5 N–H and O–H groups in total. The zero-order valence-corrected chi connectivity index (χ0v) is 20.0. The van der Waals surface area contributed by atoms with E-state index in [1.165, 1.54) is 50.4 Å². The summed E-state index contributed by atoms with van der Waals surface area (Å²) < 4.78 is 0. The highest BCUT2D eigenvalue weighted by molar-refractivity contribution is 8.18. The van der Waals surface area contributed by atoms with Gasteiger partial charge in [-0.3, -0.25) is 14.5 Å². The second kappa shape index (κ2) is 9.62. The molecule has 1 saturated heterocycles. The zero-order chi connectivity index (χ0) is 23.7. The Morgan fingerprint density at radius 2 is 2.21 bits per heavy atom. The lowest BCUT2D eigenvalue weighted by atomic mass is 10.0. The van der Waals surface area contributed by atoms with Crippen LogP contribution in [0.2, 0.25) is 0 Å². The summed E-state index contributed by atoms with van der Waals surface area (Å²) in [5, 5.41) is 34.8. The number of amides is 2. The Kier molecular flexibility index (Phi) is 6.82. The third-order valence-electron chi connectivity index (χ3n) is 4.52. The van der Waals surface area contributed by atoms with E-state index >= 15 is 0 Å². The number of hydrogen-bond donors (Lipinski definition) is 4. The molecule has 13 nitrogen and oxygen atoms in total. The maximum Gasteiger partial charge on any atom is 0.353 e. The summed E-state index contributed by atoms with van der Waals surface area (Å²) in [6.07, 6.45) is 1.61. The first-order valence-electron chi connectivity index (χ1n) is 9.07. The first kappa shape index (κ1) is 23.4. The Hall–Kier alpha value is -2.76. The molecule has 2 aliphatic rings. The molecule has 0 bridgehead atoms. The molecule has 4 rings (SSSR count). The van der Waals surface area contributed by atoms with E-state index in [9.17, 15) is 24.7 Å². The lowest BCUT2D eigenvalue weighted by molar-refractivity contribution is -0.150. The van der Waals surface area contributed by atoms with Crippen molar-refractivity contribution in [3.8, 4) is 0 Å². The lowest BCUT2D eigenvalue weighted by Crippen LogP contribution is -2.71. The molecular formula is C16H16N8O5S4. The molecule has 0 aromatic carbocycles. The van der Waals surface area contributed by atoms with Gasteiger partial charge >= 0.3 is 5.97 Å². The van der Waals surface area contributed by atoms with E-state index in [4.69, 9.17) is 5.73 Å². The number of nitrogen functional groups attached to an aromatic ring is 1. The maximum absolute atomic E-state index is 12.8. The fourth-order valence-corrected chi connectivity index (χ4v) is 7.26. The van der Waals surface area contributed by atoms with Crippen LogP contribution in [0.5, 0.6) is 0 Å². The number of aryl methyl sites for hydroxylation is 1. The molecule has 2 aliphatic heterocycles. The minimum absolute atomic E-state index is 0.0721. The third kappa shape index (κ3) is 4.66. The van der Waals surface area contributed by atoms with Gasteiger partial charge in [0.05, 0.1) is 11.3 Å². The second-order valence-electron chi connectivity index (χ2n) is 6.54. The van der Waals surface area contributed by atoms with Crippen LogP contribution in [0.25, 0.3) is 0 Å². The number of hydrogen-bond acceptors (Lipinski definition) is 13. The van der Waals surface area contributed by atoms with Gasteiger partial charge in [0.15, 0.2) is 10.8 Å². The van der Waals surface area contributed by atoms with Gasteiger partial charge in [-0.2, -0.15) is 9.90 Å². The normalized spacial score (nSPS) is 20.5. The van der Waals surface area contributed by atoms with E-state index in [0.717, 1.165) is 11.3 Å². The summed E-state index contributed by atoms with van der Waals surface area (Å²) in [6.45, 7) is 0. The van der Waals surface area contributed by atoms with Crippen LogP contribution in [0.4, 0.5) is 5.13 Å². The SMILES string of the molecule is Cn1ncc(SCSC2=C(C(=O)O)N3C(=O)[C@@H](NC(=O)/C(=N\O)c4csc(N)n4)[C@H]3SC2)n1. The van der Waals surface area contributed by atoms with Crippen molar-refractivity contribution in [2.45, 2.75) is 16.4 Å². The number of carbonyl (C=O) groups is 3. The molecule has 2 aromatic heterocycles. The molecule has 0 spiro atoms. The van der Waals surface area contributed by atoms with Gasteiger partial charge in [-0.25, -0.2) is 9.78 Å². The molecule has 0 unspecified atom stereocenters. The van der Waals surface area contributed by atoms with Crippen molar-refractivity contribution in [3.05, 3.63) is 27.9 Å². The summed E-state index contributed by atoms with van der Waals surface area (Å²) >= 11 is 5.12. The molecule has 2 amide bonds. The number of nitrogens with zero attached hydrogens (tertiary/aromatic N) is 6. The van der Waals surface area contributed by atoms with Crippen LogP contribution < -0.4 is 11.1 Å². The van der Waals surface area contributed by atoms with Crippen molar-refractivity contribution in [1.82, 2.24) is 30.2 Å². The van der Waals surface area contributed by atoms with E-state index in [1.807, 2.05) is 0 Å². The predicted molar refractivity (Wildman–Crippen MR) is 124 cm³/mol. The van der Waals surface area contributed by atoms with Gasteiger partial charge < -0.3 is 21.4 Å². The van der Waals surface area contributed by atoms with Crippen molar-refractivity contribution >= 4 is 75.2 Å². The minimum Gasteiger partial charge on any atom is -0.477 e. The van der Waals surface area contributed by atoms with Gasteiger partial charge in [0.2, 0.25) is 0 Å². The third-order valence-corrected chi connectivity index (χ3v) is 8.77. The number of aromatic nitrogens is 4. The van der Waals surface area contributed by atoms with E-state index < -0.39 is 29.2 Å². The Morgan fingerprint density at radius 1 is 1.42 bits per heavy atom. The van der Waals surface area contributed by atoms with Gasteiger partial charge in [-0.15, -0.1) is 40.0 Å². The van der Waals surface area contributed by atoms with Gasteiger partial charge in [-0.05, 0) is 0 Å². The fourth-order valence-electron chi connectivity index (χ4n) is 3.07. The zero-order valence-electron chi connectivity index (χ0n) is 16.7. The average Bonchev–Trinajstić information content (AvgIpc) is 3.39. The largest absolute Gasteiger partial charge is 0.477 e. The Balaban J connectivity index is 1.43. The molecule has 17 heteroatoms. The van der Waals surface area contributed by atoms with Crippen LogP contribution in [0.15, 0.2) is 32.4 Å². The average molecular weight is 529 g/mol. The number of β-lactam (4-membered cyclic amide) rings is 1. The maximum atomic E-state index is 12.8. The number of aliphatic carboxylic acids is 1. The number of carboxylic acids is 1. The van der Waals surface area contributed by atoms with Gasteiger partial charge in [0.25, 0.3) is 11.8 Å². The van der Waals surface area contributed by atoms with Crippen molar-refractivity contribution in [3.63, 3.8) is 0 Å². The van der Waals surface area contributed by atoms with Crippen molar-refractivity contribution in [2.75, 3.05) is 16.6 Å². The quantitative estimate of drug-likeness (QED) is 0.0911. The topological polar surface area (TPSA) is 189 Å². The monoisotopic (exact) mass is 528 g/mol. The van der Waals surface area contributed by atoms with Crippen LogP contribution in [-0.4, -0.2) is 80.9 Å². The molecule has 2 aromatic rings. The Labute approximate surface area is 202 Å². The van der Waals surface area contributed by atoms with Crippen LogP contribution in [0, 0.1) is 0 Å². The standard InChI is InChI=1S/C16H16N8O5S4/c1-23-18-2-8(21-23)33-5-32-7-4-30-14-10(13(26)24(14)11(7)15(27)28)20-12(25)9(22-29)6-3-31-16(17)19-6/h2-3,10,14,29H,4-5H2,1H3,(H2,17,19)(H,20,25)(H,27,28)/b22-9-/t10-,14-/m1/s1. The first-order chi connectivity index (χ1) is 15.8. The molecule has 2 atom stereocenters. The number of nitrogens with one attached hydrogen (secondary N) is 1. The van der Waals surface area contributed by atoms with E-state index in [1.54, 1.807) is 13.2 Å². The lowest BCUT2D eigenvalue weighted by Gasteiger charge is -2.49. The van der Waals surface area contributed by atoms with E-state index in [2.05, 4.69) is 25.7 Å². The molecule has 0 saturated carbocycles. The number of oxime groups is 1. The van der Waals surface area contributed by atoms with Crippen molar-refractivity contribution in [1.29, 1.82) is 0 Å². The highest BCUT2D eigenvalue weighted by Gasteiger charge is 2.54. The number of nitrogens with two attached hydrogens (primary N) is 1. The van der Waals surface area contributed by atoms with E-state index in [0.29, 0.717) is 20.8 Å². The molecule has 0 radical (unpaired) electrons. The highest BCUT2D eigenvalue weighted by atomic mass is 32.2. The molecular weight excluding hydrogens is 512 g/mol. The molecule has 1 fully saturated rings. The van der Waals surface area contributed by atoms with Crippen LogP contribution in [-0.2, 0) is 21.4 Å². The summed E-state index contributed by atoms with van der Waals surface area (Å²) in [5.74, 6) is -2.24. The highest BCUT2D eigenvalue weighted by Crippen LogP contribution is 2.44. The van der Waals surface area contributed by atoms with Gasteiger partial charge in [0.1, 0.15) is 27.8 Å².